The highest BCUT2D eigenvalue weighted by molar-refractivity contribution is 5.84. The standard InChI is InChI=1S/C68H108N2/c1-7-13-19-23-27-31-35-39-43-47-59-53-60(48-44-40-36-32-28-24-20-14-8-2)56-63(55-59)67-65(51-17-11-5)66(52-18-12-6)68(70(67)69)64-57-61(49-45-41-37-33-29-25-21-15-9-3)54-62(58-64)50-46-42-38-34-30-26-22-16-10-4/h43-50,53-58H,7-42,51-52H2,1-6H3. The summed E-state index contributed by atoms with van der Waals surface area (Å²) in [5.74, 6) is 0. The first-order valence-corrected chi connectivity index (χ1v) is 30.4. The predicted molar refractivity (Wildman–Crippen MR) is 316 cm³/mol. The molecule has 0 aromatic heterocycles. The second kappa shape index (κ2) is 41.0. The van der Waals surface area contributed by atoms with E-state index < -0.39 is 0 Å². The van der Waals surface area contributed by atoms with E-state index in [0.29, 0.717) is 0 Å². The molecule has 0 N–H and O–H groups in total. The maximum atomic E-state index is 12.9. The Labute approximate surface area is 434 Å². The molecule has 0 aliphatic carbocycles. The second-order valence-corrected chi connectivity index (χ2v) is 21.2. The fourth-order valence-corrected chi connectivity index (χ4v) is 10.3. The molecule has 70 heavy (non-hydrogen) atoms. The normalized spacial score (nSPS) is 13.4. The van der Waals surface area contributed by atoms with Crippen molar-refractivity contribution >= 4 is 35.7 Å². The number of benzene rings is 2. The van der Waals surface area contributed by atoms with Crippen molar-refractivity contribution in [3.8, 4) is 0 Å². The molecule has 0 atom stereocenters. The Hall–Kier alpha value is -3.52. The van der Waals surface area contributed by atoms with Crippen LogP contribution in [-0.2, 0) is 0 Å². The number of hydrogen-bond acceptors (Lipinski definition) is 0. The van der Waals surface area contributed by atoms with Crippen LogP contribution in [0.2, 0.25) is 0 Å². The Kier molecular flexibility index (Phi) is 35.6. The van der Waals surface area contributed by atoms with Gasteiger partial charge in [0.2, 0.25) is 11.4 Å². The molecule has 0 radical (unpaired) electrons. The van der Waals surface area contributed by atoms with Gasteiger partial charge < -0.3 is 5.53 Å². The van der Waals surface area contributed by atoms with Crippen molar-refractivity contribution in [2.75, 3.05) is 0 Å². The molecule has 0 fully saturated rings. The summed E-state index contributed by atoms with van der Waals surface area (Å²) in [5.41, 5.74) is 24.8. The van der Waals surface area contributed by atoms with Gasteiger partial charge in [0.15, 0.2) is 0 Å². The molecule has 0 spiro atoms. The van der Waals surface area contributed by atoms with Crippen LogP contribution in [-0.4, -0.2) is 4.70 Å². The maximum Gasteiger partial charge on any atom is 0.211 e. The number of rotatable bonds is 44. The summed E-state index contributed by atoms with van der Waals surface area (Å²) >= 11 is 0. The van der Waals surface area contributed by atoms with Crippen LogP contribution in [0.1, 0.15) is 319 Å². The molecular formula is C68H108N2. The average Bonchev–Trinajstić information content (AvgIpc) is 3.65. The van der Waals surface area contributed by atoms with Gasteiger partial charge >= 0.3 is 0 Å². The SMILES string of the molecule is CCCCCCCCCC=Cc1cc(C=CCCCCCCCCC)cc(C2=C(CCCC)C(CCCC)=C(c3cc(C=CCCCCCCCCC)cc(C=CCCCCCCCCC)c3)[N+]2=[N-])c1. The third kappa shape index (κ3) is 25.7. The first-order valence-electron chi connectivity index (χ1n) is 30.4. The molecule has 2 aromatic rings. The summed E-state index contributed by atoms with van der Waals surface area (Å²) in [4.78, 5) is 0. The number of hydrogen-bond donors (Lipinski definition) is 0. The molecule has 0 amide bonds. The van der Waals surface area contributed by atoms with Gasteiger partial charge in [0.05, 0.1) is 0 Å². The highest BCUT2D eigenvalue weighted by Crippen LogP contribution is 2.45. The lowest BCUT2D eigenvalue weighted by Crippen LogP contribution is -2.04. The van der Waals surface area contributed by atoms with Gasteiger partial charge in [-0.05, 0) is 136 Å². The van der Waals surface area contributed by atoms with Gasteiger partial charge in [0.1, 0.15) is 0 Å². The highest BCUT2D eigenvalue weighted by atomic mass is 15.2. The van der Waals surface area contributed by atoms with Crippen LogP contribution in [0, 0.1) is 0 Å². The Morgan fingerprint density at radius 2 is 0.529 bits per heavy atom. The van der Waals surface area contributed by atoms with Crippen LogP contribution in [0.3, 0.4) is 0 Å². The van der Waals surface area contributed by atoms with E-state index in [9.17, 15) is 5.53 Å². The Morgan fingerprint density at radius 3 is 0.771 bits per heavy atom. The van der Waals surface area contributed by atoms with Crippen molar-refractivity contribution < 1.29 is 4.70 Å². The van der Waals surface area contributed by atoms with Gasteiger partial charge in [-0.1, -0.05) is 257 Å². The van der Waals surface area contributed by atoms with Crippen molar-refractivity contribution in [1.82, 2.24) is 0 Å². The molecule has 0 unspecified atom stereocenters. The predicted octanol–water partition coefficient (Wildman–Crippen LogP) is 23.9. The van der Waals surface area contributed by atoms with Crippen molar-refractivity contribution in [1.29, 1.82) is 0 Å². The molecule has 1 heterocycles. The smallest absolute Gasteiger partial charge is 0.211 e. The van der Waals surface area contributed by atoms with E-state index in [1.54, 1.807) is 4.70 Å². The number of allylic oxidation sites excluding steroid dienone is 6. The molecule has 0 saturated carbocycles. The topological polar surface area (TPSA) is 25.3 Å². The second-order valence-electron chi connectivity index (χ2n) is 21.2. The summed E-state index contributed by atoms with van der Waals surface area (Å²) in [6.07, 6.45) is 67.3. The van der Waals surface area contributed by atoms with E-state index >= 15 is 0 Å². The fourth-order valence-electron chi connectivity index (χ4n) is 10.3. The van der Waals surface area contributed by atoms with Gasteiger partial charge in [-0.15, -0.1) is 0 Å². The minimum atomic E-state index is 0.969. The molecule has 390 valence electrons. The van der Waals surface area contributed by atoms with Crippen LogP contribution in [0.5, 0.6) is 0 Å². The summed E-state index contributed by atoms with van der Waals surface area (Å²) < 4.78 is 1.64. The zero-order valence-electron chi connectivity index (χ0n) is 46.8. The van der Waals surface area contributed by atoms with Crippen LogP contribution < -0.4 is 0 Å². The van der Waals surface area contributed by atoms with E-state index in [4.69, 9.17) is 0 Å². The van der Waals surface area contributed by atoms with Crippen molar-refractivity contribution in [2.45, 2.75) is 286 Å². The highest BCUT2D eigenvalue weighted by Gasteiger charge is 2.35. The number of unbranched alkanes of at least 4 members (excludes halogenated alkanes) is 30. The van der Waals surface area contributed by atoms with Crippen LogP contribution in [0.15, 0.2) is 71.8 Å². The number of nitrogens with zero attached hydrogens (tertiary/aromatic N) is 2. The molecule has 1 aliphatic rings. The Morgan fingerprint density at radius 1 is 0.300 bits per heavy atom. The molecule has 0 bridgehead atoms. The largest absolute Gasteiger partial charge is 0.493 e. The summed E-state index contributed by atoms with van der Waals surface area (Å²) in [6, 6.07) is 14.2. The van der Waals surface area contributed by atoms with Crippen molar-refractivity contribution in [3.63, 3.8) is 0 Å². The zero-order chi connectivity index (χ0) is 50.1. The zero-order valence-corrected chi connectivity index (χ0v) is 46.8. The van der Waals surface area contributed by atoms with Crippen LogP contribution >= 0.6 is 0 Å². The van der Waals surface area contributed by atoms with E-state index in [0.717, 1.165) is 86.7 Å². The van der Waals surface area contributed by atoms with Gasteiger partial charge in [-0.2, -0.15) is 0 Å². The molecule has 0 saturated heterocycles. The van der Waals surface area contributed by atoms with Crippen molar-refractivity contribution in [3.05, 3.63) is 111 Å². The Bertz CT molecular complexity index is 1630. The van der Waals surface area contributed by atoms with Crippen LogP contribution in [0.25, 0.3) is 41.2 Å². The molecule has 2 nitrogen and oxygen atoms in total. The summed E-state index contributed by atoms with van der Waals surface area (Å²) in [7, 11) is 0. The molecule has 2 heteroatoms. The van der Waals surface area contributed by atoms with Gasteiger partial charge in [-0.3, -0.25) is 0 Å². The first kappa shape index (κ1) is 60.8. The van der Waals surface area contributed by atoms with Crippen molar-refractivity contribution in [2.24, 2.45) is 0 Å². The first-order chi connectivity index (χ1) is 34.5. The van der Waals surface area contributed by atoms with Crippen LogP contribution in [0.4, 0.5) is 0 Å². The van der Waals surface area contributed by atoms with E-state index in [-0.39, 0.29) is 0 Å². The van der Waals surface area contributed by atoms with Gasteiger partial charge in [-0.25, -0.2) is 4.70 Å². The molecule has 2 aromatic carbocycles. The lowest BCUT2D eigenvalue weighted by molar-refractivity contribution is -0.345. The minimum absolute atomic E-state index is 0.969. The Balaban J connectivity index is 2.04. The molecule has 3 rings (SSSR count). The van der Waals surface area contributed by atoms with Gasteiger partial charge in [0.25, 0.3) is 0 Å². The average molecular weight is 954 g/mol. The molecular weight excluding hydrogens is 845 g/mol. The third-order valence-corrected chi connectivity index (χ3v) is 14.6. The summed E-state index contributed by atoms with van der Waals surface area (Å²) in [6.45, 7) is 13.8. The quantitative estimate of drug-likeness (QED) is 0.0467. The maximum absolute atomic E-state index is 12.9. The van der Waals surface area contributed by atoms with E-state index in [1.165, 1.54) is 213 Å². The summed E-state index contributed by atoms with van der Waals surface area (Å²) in [5, 5.41) is 0. The molecule has 1 aliphatic heterocycles. The fraction of sp³-hybridized carbons (Fsp3) is 0.647. The van der Waals surface area contributed by atoms with E-state index in [1.807, 2.05) is 0 Å². The third-order valence-electron chi connectivity index (χ3n) is 14.6. The van der Waals surface area contributed by atoms with Gasteiger partial charge in [0, 0.05) is 22.3 Å². The van der Waals surface area contributed by atoms with E-state index in [2.05, 4.69) is 127 Å². The minimum Gasteiger partial charge on any atom is -0.493 e. The lowest BCUT2D eigenvalue weighted by atomic mass is 9.91. The monoisotopic (exact) mass is 953 g/mol. The lowest BCUT2D eigenvalue weighted by Gasteiger charge is -2.13.